The van der Waals surface area contributed by atoms with E-state index in [1.54, 1.807) is 12.1 Å². The van der Waals surface area contributed by atoms with E-state index in [0.29, 0.717) is 12.6 Å². The van der Waals surface area contributed by atoms with Crippen LogP contribution in [-0.4, -0.2) is 58.1 Å². The van der Waals surface area contributed by atoms with Gasteiger partial charge in [-0.3, -0.25) is 15.0 Å². The van der Waals surface area contributed by atoms with Crippen LogP contribution in [0.25, 0.3) is 0 Å². The van der Waals surface area contributed by atoms with Crippen LogP contribution in [0.2, 0.25) is 0 Å². The molecular formula is C21H30N6O3. The molecule has 30 heavy (non-hydrogen) atoms. The van der Waals surface area contributed by atoms with E-state index in [1.807, 2.05) is 13.0 Å². The summed E-state index contributed by atoms with van der Waals surface area (Å²) in [5, 5.41) is 18.4. The zero-order valence-electron chi connectivity index (χ0n) is 17.9. The summed E-state index contributed by atoms with van der Waals surface area (Å²) in [6, 6.07) is 8.87. The molecule has 1 aromatic carbocycles. The number of benzene rings is 1. The van der Waals surface area contributed by atoms with E-state index in [0.717, 1.165) is 62.1 Å². The summed E-state index contributed by atoms with van der Waals surface area (Å²) in [5.41, 5.74) is 2.01. The monoisotopic (exact) mass is 414 g/mol. The lowest BCUT2D eigenvalue weighted by Crippen LogP contribution is -2.53. The number of piperazine rings is 1. The zero-order valence-corrected chi connectivity index (χ0v) is 17.9. The van der Waals surface area contributed by atoms with Gasteiger partial charge in [-0.1, -0.05) is 24.2 Å². The van der Waals surface area contributed by atoms with Crippen LogP contribution in [0.1, 0.15) is 37.3 Å². The third-order valence-corrected chi connectivity index (χ3v) is 5.28. The van der Waals surface area contributed by atoms with Crippen LogP contribution in [0.15, 0.2) is 39.8 Å². The van der Waals surface area contributed by atoms with Gasteiger partial charge in [0.1, 0.15) is 5.76 Å². The molecular weight excluding hydrogens is 384 g/mol. The van der Waals surface area contributed by atoms with E-state index in [9.17, 15) is 10.1 Å². The number of aryl methyl sites for hydroxylation is 1. The Kier molecular flexibility index (Phi) is 7.40. The van der Waals surface area contributed by atoms with Gasteiger partial charge < -0.3 is 14.7 Å². The molecule has 2 aromatic rings. The van der Waals surface area contributed by atoms with E-state index in [1.165, 1.54) is 12.1 Å². The summed E-state index contributed by atoms with van der Waals surface area (Å²) in [4.78, 5) is 19.9. The highest BCUT2D eigenvalue weighted by molar-refractivity contribution is 5.80. The third kappa shape index (κ3) is 6.03. The molecule has 1 atom stereocenters. The van der Waals surface area contributed by atoms with Crippen LogP contribution < -0.4 is 5.32 Å². The molecule has 3 rings (SSSR count). The first-order valence-electron chi connectivity index (χ1n) is 10.4. The molecule has 1 fully saturated rings. The summed E-state index contributed by atoms with van der Waals surface area (Å²) in [7, 11) is 0. The van der Waals surface area contributed by atoms with Crippen molar-refractivity contribution in [1.82, 2.24) is 20.3 Å². The Morgan fingerprint density at radius 3 is 2.57 bits per heavy atom. The number of hydrogen-bond acceptors (Lipinski definition) is 6. The van der Waals surface area contributed by atoms with Gasteiger partial charge in [0.25, 0.3) is 5.69 Å². The standard InChI is InChI=1S/C21H30N6O3/c1-4-16(2)23-21(22-14-18-5-7-20(8-6-18)27(28)29)26-11-9-25(10-12-26)15-19-13-17(3)30-24-19/h5-8,13,16H,4,9-12,14-15H2,1-3H3,(H,22,23). The maximum atomic E-state index is 10.8. The minimum absolute atomic E-state index is 0.0964. The molecule has 0 aliphatic carbocycles. The Balaban J connectivity index is 1.61. The molecule has 1 saturated heterocycles. The van der Waals surface area contributed by atoms with Crippen molar-refractivity contribution in [1.29, 1.82) is 0 Å². The van der Waals surface area contributed by atoms with E-state index < -0.39 is 0 Å². The average Bonchev–Trinajstić information content (AvgIpc) is 3.16. The number of non-ortho nitro benzene ring substituents is 1. The van der Waals surface area contributed by atoms with Gasteiger partial charge in [-0.2, -0.15) is 0 Å². The first-order chi connectivity index (χ1) is 14.4. The fraction of sp³-hybridized carbons (Fsp3) is 0.524. The third-order valence-electron chi connectivity index (χ3n) is 5.28. The Labute approximate surface area is 176 Å². The lowest BCUT2D eigenvalue weighted by molar-refractivity contribution is -0.384. The molecule has 2 heterocycles. The second-order valence-corrected chi connectivity index (χ2v) is 7.71. The van der Waals surface area contributed by atoms with E-state index in [-0.39, 0.29) is 10.6 Å². The molecule has 1 unspecified atom stereocenters. The quantitative estimate of drug-likeness (QED) is 0.322. The summed E-state index contributed by atoms with van der Waals surface area (Å²) in [6.45, 7) is 11.1. The van der Waals surface area contributed by atoms with Crippen LogP contribution in [0, 0.1) is 17.0 Å². The van der Waals surface area contributed by atoms with Crippen molar-refractivity contribution in [3.05, 3.63) is 57.5 Å². The van der Waals surface area contributed by atoms with Crippen LogP contribution in [-0.2, 0) is 13.1 Å². The van der Waals surface area contributed by atoms with Gasteiger partial charge in [0.15, 0.2) is 5.96 Å². The number of nitro groups is 1. The highest BCUT2D eigenvalue weighted by Crippen LogP contribution is 2.14. The number of hydrogen-bond donors (Lipinski definition) is 1. The van der Waals surface area contributed by atoms with Crippen LogP contribution in [0.4, 0.5) is 5.69 Å². The van der Waals surface area contributed by atoms with Gasteiger partial charge in [0.2, 0.25) is 0 Å². The van der Waals surface area contributed by atoms with Crippen molar-refractivity contribution >= 4 is 11.6 Å². The van der Waals surface area contributed by atoms with Crippen molar-refractivity contribution in [3.63, 3.8) is 0 Å². The van der Waals surface area contributed by atoms with Gasteiger partial charge in [-0.25, -0.2) is 4.99 Å². The van der Waals surface area contributed by atoms with Gasteiger partial charge in [0.05, 0.1) is 17.2 Å². The van der Waals surface area contributed by atoms with Crippen LogP contribution in [0.5, 0.6) is 0 Å². The molecule has 0 saturated carbocycles. The molecule has 0 radical (unpaired) electrons. The van der Waals surface area contributed by atoms with Gasteiger partial charge in [-0.05, 0) is 25.8 Å². The maximum absolute atomic E-state index is 10.8. The minimum atomic E-state index is -0.386. The number of aromatic nitrogens is 1. The van der Waals surface area contributed by atoms with E-state index in [2.05, 4.69) is 34.1 Å². The van der Waals surface area contributed by atoms with E-state index >= 15 is 0 Å². The smallest absolute Gasteiger partial charge is 0.269 e. The molecule has 1 aliphatic heterocycles. The van der Waals surface area contributed by atoms with Gasteiger partial charge in [0, 0.05) is 57.0 Å². The van der Waals surface area contributed by atoms with Crippen molar-refractivity contribution in [2.24, 2.45) is 4.99 Å². The summed E-state index contributed by atoms with van der Waals surface area (Å²) in [6.07, 6.45) is 1.00. The number of nitrogens with zero attached hydrogens (tertiary/aromatic N) is 5. The molecule has 1 aliphatic rings. The SMILES string of the molecule is CCC(C)NC(=NCc1ccc([N+](=O)[O-])cc1)N1CCN(Cc2cc(C)on2)CC1. The van der Waals surface area contributed by atoms with Crippen LogP contribution >= 0.6 is 0 Å². The Morgan fingerprint density at radius 1 is 1.30 bits per heavy atom. The van der Waals surface area contributed by atoms with Crippen LogP contribution in [0.3, 0.4) is 0 Å². The Hall–Kier alpha value is -2.94. The number of nitrogens with one attached hydrogen (secondary N) is 1. The highest BCUT2D eigenvalue weighted by atomic mass is 16.6. The summed E-state index contributed by atoms with van der Waals surface area (Å²) < 4.78 is 5.16. The molecule has 0 bridgehead atoms. The lowest BCUT2D eigenvalue weighted by atomic mass is 10.2. The summed E-state index contributed by atoms with van der Waals surface area (Å²) in [5.74, 6) is 1.72. The Bertz CT molecular complexity index is 856. The fourth-order valence-electron chi connectivity index (χ4n) is 3.29. The zero-order chi connectivity index (χ0) is 21.5. The van der Waals surface area contributed by atoms with Crippen molar-refractivity contribution in [3.8, 4) is 0 Å². The number of guanidine groups is 1. The fourth-order valence-corrected chi connectivity index (χ4v) is 3.29. The normalized spacial score (nSPS) is 16.5. The van der Waals surface area contributed by atoms with Gasteiger partial charge >= 0.3 is 0 Å². The maximum Gasteiger partial charge on any atom is 0.269 e. The molecule has 9 nitrogen and oxygen atoms in total. The predicted molar refractivity (Wildman–Crippen MR) is 115 cm³/mol. The molecule has 162 valence electrons. The second kappa shape index (κ2) is 10.2. The number of aliphatic imine (C=N–C) groups is 1. The van der Waals surface area contributed by atoms with E-state index in [4.69, 9.17) is 9.52 Å². The molecule has 1 N–H and O–H groups in total. The molecule has 0 spiro atoms. The van der Waals surface area contributed by atoms with Gasteiger partial charge in [-0.15, -0.1) is 0 Å². The number of nitro benzene ring substituents is 1. The van der Waals surface area contributed by atoms with Crippen molar-refractivity contribution < 1.29 is 9.45 Å². The van der Waals surface area contributed by atoms with Crippen molar-refractivity contribution in [2.75, 3.05) is 26.2 Å². The second-order valence-electron chi connectivity index (χ2n) is 7.71. The lowest BCUT2D eigenvalue weighted by Gasteiger charge is -2.37. The predicted octanol–water partition coefficient (Wildman–Crippen LogP) is 2.95. The Morgan fingerprint density at radius 2 is 2.00 bits per heavy atom. The highest BCUT2D eigenvalue weighted by Gasteiger charge is 2.21. The molecule has 0 amide bonds. The average molecular weight is 415 g/mol. The molecule has 1 aromatic heterocycles. The minimum Gasteiger partial charge on any atom is -0.361 e. The topological polar surface area (TPSA) is 100 Å². The molecule has 9 heteroatoms. The van der Waals surface area contributed by atoms with Crippen molar-refractivity contribution in [2.45, 2.75) is 46.3 Å². The number of rotatable bonds is 7. The summed E-state index contributed by atoms with van der Waals surface area (Å²) >= 11 is 0. The first kappa shape index (κ1) is 21.8. The first-order valence-corrected chi connectivity index (χ1v) is 10.4. The largest absolute Gasteiger partial charge is 0.361 e.